The maximum absolute atomic E-state index is 12.3. The van der Waals surface area contributed by atoms with Gasteiger partial charge in [0.05, 0.1) is 6.07 Å². The molecule has 0 spiro atoms. The number of benzene rings is 2. The molecule has 1 aliphatic rings. The van der Waals surface area contributed by atoms with Crippen LogP contribution in [0.4, 0.5) is 5.69 Å². The van der Waals surface area contributed by atoms with Crippen molar-refractivity contribution in [2.45, 2.75) is 12.8 Å². The zero-order chi connectivity index (χ0) is 13.5. The Morgan fingerprint density at radius 3 is 2.53 bits per heavy atom. The van der Waals surface area contributed by atoms with Crippen LogP contribution in [0.15, 0.2) is 42.5 Å². The Hall–Kier alpha value is -2.34. The normalized spacial score (nSPS) is 15.8. The second-order valence-electron chi connectivity index (χ2n) is 5.09. The van der Waals surface area contributed by atoms with Crippen molar-refractivity contribution in [3.05, 3.63) is 42.5 Å². The summed E-state index contributed by atoms with van der Waals surface area (Å²) in [5, 5.41) is 11.3. The van der Waals surface area contributed by atoms with E-state index in [-0.39, 0.29) is 5.91 Å². The molecule has 3 heteroatoms. The monoisotopic (exact) mass is 250 g/mol. The van der Waals surface area contributed by atoms with Crippen molar-refractivity contribution in [3.63, 3.8) is 0 Å². The van der Waals surface area contributed by atoms with E-state index in [1.165, 1.54) is 0 Å². The van der Waals surface area contributed by atoms with Gasteiger partial charge in [0.15, 0.2) is 0 Å². The Bertz CT molecular complexity index is 695. The van der Waals surface area contributed by atoms with Crippen molar-refractivity contribution >= 4 is 22.4 Å². The molecule has 1 saturated carbocycles. The molecular formula is C16H14N2O. The molecule has 0 saturated heterocycles. The first kappa shape index (κ1) is 11.7. The summed E-state index contributed by atoms with van der Waals surface area (Å²) in [6.45, 7) is 0. The summed E-state index contributed by atoms with van der Waals surface area (Å²) in [4.78, 5) is 13.9. The number of fused-ring (bicyclic) bond motifs is 1. The molecule has 0 N–H and O–H groups in total. The molecule has 0 radical (unpaired) electrons. The highest BCUT2D eigenvalue weighted by molar-refractivity contribution is 6.02. The van der Waals surface area contributed by atoms with Crippen LogP contribution in [-0.2, 0) is 4.79 Å². The van der Waals surface area contributed by atoms with Crippen LogP contribution >= 0.6 is 0 Å². The standard InChI is InChI=1S/C16H14N2O/c1-18(15(19)16(11-17)8-9-16)14-7-6-12-4-2-3-5-13(12)10-14/h2-7,10H,8-9H2,1H3. The van der Waals surface area contributed by atoms with Crippen molar-refractivity contribution in [3.8, 4) is 6.07 Å². The number of nitriles is 1. The van der Waals surface area contributed by atoms with E-state index < -0.39 is 5.41 Å². The largest absolute Gasteiger partial charge is 0.314 e. The van der Waals surface area contributed by atoms with Crippen molar-refractivity contribution in [1.29, 1.82) is 5.26 Å². The average molecular weight is 250 g/mol. The first-order valence-corrected chi connectivity index (χ1v) is 6.34. The van der Waals surface area contributed by atoms with Gasteiger partial charge in [0, 0.05) is 12.7 Å². The SMILES string of the molecule is CN(C(=O)C1(C#N)CC1)c1ccc2ccccc2c1. The minimum absolute atomic E-state index is 0.0923. The Labute approximate surface area is 112 Å². The smallest absolute Gasteiger partial charge is 0.247 e. The van der Waals surface area contributed by atoms with E-state index in [1.54, 1.807) is 11.9 Å². The van der Waals surface area contributed by atoms with Crippen molar-refractivity contribution in [2.75, 3.05) is 11.9 Å². The molecular weight excluding hydrogens is 236 g/mol. The number of hydrogen-bond acceptors (Lipinski definition) is 2. The predicted molar refractivity (Wildman–Crippen MR) is 74.6 cm³/mol. The lowest BCUT2D eigenvalue weighted by atomic mass is 10.1. The minimum Gasteiger partial charge on any atom is -0.314 e. The van der Waals surface area contributed by atoms with Gasteiger partial charge in [-0.25, -0.2) is 0 Å². The molecule has 0 atom stereocenters. The first-order chi connectivity index (χ1) is 9.16. The van der Waals surface area contributed by atoms with Crippen LogP contribution in [0, 0.1) is 16.7 Å². The zero-order valence-corrected chi connectivity index (χ0v) is 10.8. The third kappa shape index (κ3) is 1.86. The van der Waals surface area contributed by atoms with Crippen molar-refractivity contribution < 1.29 is 4.79 Å². The maximum atomic E-state index is 12.3. The van der Waals surface area contributed by atoms with Crippen LogP contribution in [0.5, 0.6) is 0 Å². The van der Waals surface area contributed by atoms with Crippen molar-refractivity contribution in [2.24, 2.45) is 5.41 Å². The highest BCUT2D eigenvalue weighted by Gasteiger charge is 2.52. The van der Waals surface area contributed by atoms with Gasteiger partial charge in [-0.1, -0.05) is 30.3 Å². The fourth-order valence-corrected chi connectivity index (χ4v) is 2.32. The molecule has 2 aromatic rings. The molecule has 19 heavy (non-hydrogen) atoms. The maximum Gasteiger partial charge on any atom is 0.247 e. The van der Waals surface area contributed by atoms with Gasteiger partial charge in [-0.2, -0.15) is 5.26 Å². The third-order valence-corrected chi connectivity index (χ3v) is 3.80. The molecule has 3 nitrogen and oxygen atoms in total. The van der Waals surface area contributed by atoms with Crippen LogP contribution in [0.3, 0.4) is 0 Å². The summed E-state index contributed by atoms with van der Waals surface area (Å²) in [5.41, 5.74) is 0.0747. The second kappa shape index (κ2) is 4.10. The van der Waals surface area contributed by atoms with E-state index >= 15 is 0 Å². The van der Waals surface area contributed by atoms with Crippen LogP contribution < -0.4 is 4.90 Å². The Balaban J connectivity index is 1.96. The summed E-state index contributed by atoms with van der Waals surface area (Å²) in [6, 6.07) is 16.1. The van der Waals surface area contributed by atoms with E-state index in [0.717, 1.165) is 16.5 Å². The van der Waals surface area contributed by atoms with Gasteiger partial charge >= 0.3 is 0 Å². The molecule has 0 unspecified atom stereocenters. The van der Waals surface area contributed by atoms with E-state index in [2.05, 4.69) is 6.07 Å². The lowest BCUT2D eigenvalue weighted by molar-refractivity contribution is -0.121. The summed E-state index contributed by atoms with van der Waals surface area (Å²) in [7, 11) is 1.74. The Kier molecular flexibility index (Phi) is 2.53. The van der Waals surface area contributed by atoms with Gasteiger partial charge in [-0.05, 0) is 35.7 Å². The quantitative estimate of drug-likeness (QED) is 0.822. The third-order valence-electron chi connectivity index (χ3n) is 3.80. The fourth-order valence-electron chi connectivity index (χ4n) is 2.32. The lowest BCUT2D eigenvalue weighted by Crippen LogP contribution is -2.33. The highest BCUT2D eigenvalue weighted by atomic mass is 16.2. The Morgan fingerprint density at radius 2 is 1.89 bits per heavy atom. The second-order valence-corrected chi connectivity index (χ2v) is 5.09. The molecule has 3 rings (SSSR count). The van der Waals surface area contributed by atoms with E-state index in [9.17, 15) is 4.79 Å². The fraction of sp³-hybridized carbons (Fsp3) is 0.250. The number of amides is 1. The number of carbonyl (C=O) groups excluding carboxylic acids is 1. The minimum atomic E-state index is -0.763. The molecule has 0 aromatic heterocycles. The van der Waals surface area contributed by atoms with Crippen molar-refractivity contribution in [1.82, 2.24) is 0 Å². The van der Waals surface area contributed by atoms with Gasteiger partial charge in [0.1, 0.15) is 5.41 Å². The van der Waals surface area contributed by atoms with Crippen LogP contribution in [0.1, 0.15) is 12.8 Å². The summed E-state index contributed by atoms with van der Waals surface area (Å²) in [6.07, 6.45) is 1.36. The predicted octanol–water partition coefficient (Wildman–Crippen LogP) is 3.11. The molecule has 2 aromatic carbocycles. The molecule has 1 amide bonds. The van der Waals surface area contributed by atoms with Crippen LogP contribution in [-0.4, -0.2) is 13.0 Å². The number of rotatable bonds is 2. The van der Waals surface area contributed by atoms with Crippen LogP contribution in [0.2, 0.25) is 0 Å². The summed E-state index contributed by atoms with van der Waals surface area (Å²) in [5.74, 6) is -0.0923. The summed E-state index contributed by atoms with van der Waals surface area (Å²) >= 11 is 0. The highest BCUT2D eigenvalue weighted by Crippen LogP contribution is 2.46. The number of hydrogen-bond donors (Lipinski definition) is 0. The molecule has 1 fully saturated rings. The van der Waals surface area contributed by atoms with Gasteiger partial charge in [-0.3, -0.25) is 4.79 Å². The molecule has 0 aliphatic heterocycles. The van der Waals surface area contributed by atoms with E-state index in [4.69, 9.17) is 5.26 Å². The molecule has 0 heterocycles. The number of nitrogens with zero attached hydrogens (tertiary/aromatic N) is 2. The molecule has 1 aliphatic carbocycles. The zero-order valence-electron chi connectivity index (χ0n) is 10.8. The average Bonchev–Trinajstić information content (AvgIpc) is 3.26. The van der Waals surface area contributed by atoms with Gasteiger partial charge < -0.3 is 4.90 Å². The lowest BCUT2D eigenvalue weighted by Gasteiger charge is -2.20. The van der Waals surface area contributed by atoms with E-state index in [0.29, 0.717) is 12.8 Å². The van der Waals surface area contributed by atoms with Gasteiger partial charge in [0.25, 0.3) is 0 Å². The Morgan fingerprint density at radius 1 is 1.21 bits per heavy atom. The molecule has 94 valence electrons. The number of anilines is 1. The van der Waals surface area contributed by atoms with Crippen LogP contribution in [0.25, 0.3) is 10.8 Å². The van der Waals surface area contributed by atoms with E-state index in [1.807, 2.05) is 42.5 Å². The molecule has 0 bridgehead atoms. The van der Waals surface area contributed by atoms with Gasteiger partial charge in [0.2, 0.25) is 5.91 Å². The summed E-state index contributed by atoms with van der Waals surface area (Å²) < 4.78 is 0. The first-order valence-electron chi connectivity index (χ1n) is 6.34. The topological polar surface area (TPSA) is 44.1 Å². The van der Waals surface area contributed by atoms with Gasteiger partial charge in [-0.15, -0.1) is 0 Å². The number of carbonyl (C=O) groups is 1.